The van der Waals surface area contributed by atoms with E-state index in [0.29, 0.717) is 6.42 Å². The molecular formula is C12H19F2NO3. The van der Waals surface area contributed by atoms with Gasteiger partial charge in [0.2, 0.25) is 11.8 Å². The molecule has 4 nitrogen and oxygen atoms in total. The largest absolute Gasteiger partial charge is 0.467 e. The van der Waals surface area contributed by atoms with Crippen LogP contribution in [0, 0.1) is 5.92 Å². The molecule has 1 amide bonds. The van der Waals surface area contributed by atoms with Crippen LogP contribution in [0.5, 0.6) is 0 Å². The Bertz CT molecular complexity index is 328. The number of ether oxygens (including phenoxy) is 1. The second kappa shape index (κ2) is 5.63. The highest BCUT2D eigenvalue weighted by Crippen LogP contribution is 2.31. The summed E-state index contributed by atoms with van der Waals surface area (Å²) < 4.78 is 30.4. The fraction of sp³-hybridized carbons (Fsp3) is 0.833. The molecule has 1 aliphatic heterocycles. The number of carbonyl (C=O) groups excluding carboxylic acids is 2. The average molecular weight is 263 g/mol. The van der Waals surface area contributed by atoms with E-state index in [2.05, 4.69) is 4.74 Å². The third-order valence-electron chi connectivity index (χ3n) is 3.12. The number of alkyl halides is 2. The number of carbonyl (C=O) groups is 2. The van der Waals surface area contributed by atoms with Gasteiger partial charge in [0.15, 0.2) is 0 Å². The average Bonchev–Trinajstić information content (AvgIpc) is 2.58. The molecule has 1 saturated heterocycles. The van der Waals surface area contributed by atoms with Crippen molar-refractivity contribution in [2.45, 2.75) is 45.1 Å². The van der Waals surface area contributed by atoms with Gasteiger partial charge in [-0.2, -0.15) is 0 Å². The van der Waals surface area contributed by atoms with E-state index in [-0.39, 0.29) is 25.3 Å². The van der Waals surface area contributed by atoms with Crippen LogP contribution in [0.3, 0.4) is 0 Å². The van der Waals surface area contributed by atoms with Crippen LogP contribution < -0.4 is 0 Å². The molecule has 0 aliphatic carbocycles. The Morgan fingerprint density at radius 3 is 2.67 bits per heavy atom. The van der Waals surface area contributed by atoms with Gasteiger partial charge in [0, 0.05) is 19.4 Å². The Morgan fingerprint density at radius 1 is 1.61 bits per heavy atom. The zero-order valence-corrected chi connectivity index (χ0v) is 10.9. The van der Waals surface area contributed by atoms with Crippen molar-refractivity contribution in [1.29, 1.82) is 0 Å². The Labute approximate surface area is 105 Å². The van der Waals surface area contributed by atoms with Gasteiger partial charge < -0.3 is 9.64 Å². The van der Waals surface area contributed by atoms with Crippen LogP contribution in [0.15, 0.2) is 0 Å². The molecule has 1 heterocycles. The molecule has 2 atom stereocenters. The van der Waals surface area contributed by atoms with Gasteiger partial charge in [0.25, 0.3) is 0 Å². The summed E-state index contributed by atoms with van der Waals surface area (Å²) in [5, 5.41) is 0. The van der Waals surface area contributed by atoms with Crippen LogP contribution in [-0.2, 0) is 14.3 Å². The molecule has 0 aromatic heterocycles. The minimum Gasteiger partial charge on any atom is -0.467 e. The molecule has 1 rings (SSSR count). The van der Waals surface area contributed by atoms with Gasteiger partial charge in [-0.25, -0.2) is 13.6 Å². The summed E-state index contributed by atoms with van der Waals surface area (Å²) in [4.78, 5) is 24.6. The number of nitrogens with zero attached hydrogens (tertiary/aromatic N) is 1. The van der Waals surface area contributed by atoms with Crippen molar-refractivity contribution >= 4 is 11.9 Å². The zero-order valence-electron chi connectivity index (χ0n) is 10.9. The van der Waals surface area contributed by atoms with Crippen LogP contribution in [0.1, 0.15) is 33.1 Å². The summed E-state index contributed by atoms with van der Waals surface area (Å²) in [6, 6.07) is -0.655. The maximum Gasteiger partial charge on any atom is 0.328 e. The highest BCUT2D eigenvalue weighted by Gasteiger charge is 2.40. The maximum absolute atomic E-state index is 12.9. The number of rotatable bonds is 5. The summed E-state index contributed by atoms with van der Waals surface area (Å²) in [6.45, 7) is 2.81. The topological polar surface area (TPSA) is 46.6 Å². The standard InChI is InChI=1S/C12H19F2NO3/c1-4-9(11(17)18-3)15-7-8(5-10(15)16)6-12(2,13)14/h8-9H,4-7H2,1-3H3. The van der Waals surface area contributed by atoms with Gasteiger partial charge in [0.05, 0.1) is 7.11 Å². The molecule has 1 fully saturated rings. The summed E-state index contributed by atoms with van der Waals surface area (Å²) in [5.41, 5.74) is 0. The zero-order chi connectivity index (χ0) is 13.9. The predicted molar refractivity (Wildman–Crippen MR) is 61.2 cm³/mol. The molecule has 0 spiro atoms. The first-order valence-corrected chi connectivity index (χ1v) is 6.03. The van der Waals surface area contributed by atoms with Crippen molar-refractivity contribution < 1.29 is 23.1 Å². The molecule has 104 valence electrons. The van der Waals surface area contributed by atoms with Crippen LogP contribution in [0.25, 0.3) is 0 Å². The Balaban J connectivity index is 2.69. The lowest BCUT2D eigenvalue weighted by Gasteiger charge is -2.25. The second-order valence-corrected chi connectivity index (χ2v) is 4.84. The Morgan fingerprint density at radius 2 is 2.22 bits per heavy atom. The van der Waals surface area contributed by atoms with E-state index in [1.54, 1.807) is 6.92 Å². The molecule has 18 heavy (non-hydrogen) atoms. The summed E-state index contributed by atoms with van der Waals surface area (Å²) >= 11 is 0. The summed E-state index contributed by atoms with van der Waals surface area (Å²) in [7, 11) is 1.25. The van der Waals surface area contributed by atoms with E-state index in [1.165, 1.54) is 12.0 Å². The van der Waals surface area contributed by atoms with Crippen LogP contribution >= 0.6 is 0 Å². The quantitative estimate of drug-likeness (QED) is 0.711. The van der Waals surface area contributed by atoms with E-state index in [4.69, 9.17) is 0 Å². The van der Waals surface area contributed by atoms with Crippen molar-refractivity contribution in [2.24, 2.45) is 5.92 Å². The van der Waals surface area contributed by atoms with Gasteiger partial charge >= 0.3 is 5.97 Å². The second-order valence-electron chi connectivity index (χ2n) is 4.84. The number of amides is 1. The lowest BCUT2D eigenvalue weighted by molar-refractivity contribution is -0.151. The van der Waals surface area contributed by atoms with E-state index in [9.17, 15) is 18.4 Å². The van der Waals surface area contributed by atoms with Crippen molar-refractivity contribution in [1.82, 2.24) is 4.90 Å². The molecule has 1 aliphatic rings. The van der Waals surface area contributed by atoms with Crippen molar-refractivity contribution in [3.8, 4) is 0 Å². The fourth-order valence-electron chi connectivity index (χ4n) is 2.40. The van der Waals surface area contributed by atoms with Crippen LogP contribution in [0.2, 0.25) is 0 Å². The van der Waals surface area contributed by atoms with Gasteiger partial charge in [-0.1, -0.05) is 6.92 Å². The van der Waals surface area contributed by atoms with E-state index in [0.717, 1.165) is 6.92 Å². The van der Waals surface area contributed by atoms with Gasteiger partial charge in [-0.3, -0.25) is 4.79 Å². The first-order chi connectivity index (χ1) is 8.28. The minimum atomic E-state index is -2.78. The third-order valence-corrected chi connectivity index (χ3v) is 3.12. The summed E-state index contributed by atoms with van der Waals surface area (Å²) in [5.74, 6) is -3.92. The van der Waals surface area contributed by atoms with E-state index < -0.39 is 23.9 Å². The molecule has 0 radical (unpaired) electrons. The van der Waals surface area contributed by atoms with Crippen molar-refractivity contribution in [3.63, 3.8) is 0 Å². The van der Waals surface area contributed by atoms with Crippen molar-refractivity contribution in [3.05, 3.63) is 0 Å². The van der Waals surface area contributed by atoms with Crippen molar-refractivity contribution in [2.75, 3.05) is 13.7 Å². The predicted octanol–water partition coefficient (Wildman–Crippen LogP) is 1.83. The lowest BCUT2D eigenvalue weighted by atomic mass is 10.0. The molecular weight excluding hydrogens is 244 g/mol. The van der Waals surface area contributed by atoms with E-state index in [1.807, 2.05) is 0 Å². The van der Waals surface area contributed by atoms with E-state index >= 15 is 0 Å². The van der Waals surface area contributed by atoms with Gasteiger partial charge in [-0.05, 0) is 19.3 Å². The Hall–Kier alpha value is -1.20. The molecule has 2 unspecified atom stereocenters. The number of hydrogen-bond acceptors (Lipinski definition) is 3. The molecule has 0 N–H and O–H groups in total. The number of likely N-dealkylation sites (tertiary alicyclic amines) is 1. The normalized spacial score (nSPS) is 22.2. The lowest BCUT2D eigenvalue weighted by Crippen LogP contribution is -2.42. The Kier molecular flexibility index (Phi) is 4.65. The number of halogens is 2. The maximum atomic E-state index is 12.9. The first kappa shape index (κ1) is 14.9. The minimum absolute atomic E-state index is 0.0803. The highest BCUT2D eigenvalue weighted by atomic mass is 19.3. The monoisotopic (exact) mass is 263 g/mol. The summed E-state index contributed by atoms with van der Waals surface area (Å²) in [6.07, 6.45) is 0.178. The number of hydrogen-bond donors (Lipinski definition) is 0. The molecule has 6 heteroatoms. The van der Waals surface area contributed by atoms with Gasteiger partial charge in [-0.15, -0.1) is 0 Å². The number of methoxy groups -OCH3 is 1. The molecule has 0 bridgehead atoms. The number of esters is 1. The fourth-order valence-corrected chi connectivity index (χ4v) is 2.40. The van der Waals surface area contributed by atoms with Crippen LogP contribution in [0.4, 0.5) is 8.78 Å². The third kappa shape index (κ3) is 3.65. The molecule has 0 aromatic carbocycles. The first-order valence-electron chi connectivity index (χ1n) is 6.03. The van der Waals surface area contributed by atoms with Gasteiger partial charge in [0.1, 0.15) is 6.04 Å². The van der Waals surface area contributed by atoms with Crippen LogP contribution in [-0.4, -0.2) is 42.4 Å². The highest BCUT2D eigenvalue weighted by molar-refractivity contribution is 5.86. The molecule has 0 aromatic rings. The molecule has 0 saturated carbocycles. The smallest absolute Gasteiger partial charge is 0.328 e. The SMILES string of the molecule is CCC(C(=O)OC)N1CC(CC(C)(F)F)CC1=O.